The zero-order valence-corrected chi connectivity index (χ0v) is 16.1. The van der Waals surface area contributed by atoms with Gasteiger partial charge in [0.15, 0.2) is 11.4 Å². The van der Waals surface area contributed by atoms with Gasteiger partial charge in [-0.1, -0.05) is 71.0 Å². The van der Waals surface area contributed by atoms with E-state index in [9.17, 15) is 10.5 Å². The summed E-state index contributed by atoms with van der Waals surface area (Å²) < 4.78 is 15.8. The molecule has 0 radical (unpaired) electrons. The van der Waals surface area contributed by atoms with Crippen LogP contribution in [0.15, 0.2) is 71.0 Å². The molecule has 9 heteroatoms. The normalized spacial score (nSPS) is 12.0. The number of nitrogens with zero attached hydrogens (tertiary/aromatic N) is 4. The van der Waals surface area contributed by atoms with E-state index in [1.54, 1.807) is 55.5 Å². The summed E-state index contributed by atoms with van der Waals surface area (Å²) in [5.41, 5.74) is 1.15. The maximum atomic E-state index is 9.28. The first-order chi connectivity index (χ1) is 13.1. The fourth-order valence-electron chi connectivity index (χ4n) is 1.87. The van der Waals surface area contributed by atoms with E-state index in [1.807, 2.05) is 24.3 Å². The molecule has 0 fully saturated rings. The van der Waals surface area contributed by atoms with Gasteiger partial charge in [-0.15, -0.1) is 0 Å². The zero-order valence-electron chi connectivity index (χ0n) is 14.3. The molecule has 0 bridgehead atoms. The minimum absolute atomic E-state index is 0.0145. The maximum Gasteiger partial charge on any atom is 0.476 e. The molecule has 0 amide bonds. The van der Waals surface area contributed by atoms with Gasteiger partial charge < -0.3 is 9.25 Å². The molecule has 2 rings (SSSR count). The Labute approximate surface area is 162 Å². The molecule has 0 N–H and O–H groups in total. The van der Waals surface area contributed by atoms with Gasteiger partial charge in [0.05, 0.1) is 6.61 Å². The average Bonchev–Trinajstić information content (AvgIpc) is 2.71. The smallest absolute Gasteiger partial charge is 0.302 e. The molecule has 0 unspecified atom stereocenters. The molecule has 0 aliphatic carbocycles. The monoisotopic (exact) mass is 398 g/mol. The molecule has 0 aliphatic heterocycles. The minimum Gasteiger partial charge on any atom is -0.302 e. The van der Waals surface area contributed by atoms with Crippen LogP contribution in [0.25, 0.3) is 0 Å². The van der Waals surface area contributed by atoms with Crippen molar-refractivity contribution in [2.75, 3.05) is 6.61 Å². The van der Waals surface area contributed by atoms with Crippen LogP contribution in [-0.2, 0) is 25.6 Å². The van der Waals surface area contributed by atoms with Crippen molar-refractivity contribution in [3.8, 4) is 12.1 Å². The fourth-order valence-corrected chi connectivity index (χ4v) is 3.19. The van der Waals surface area contributed by atoms with Crippen LogP contribution in [0.2, 0.25) is 0 Å². The molecule has 27 heavy (non-hydrogen) atoms. The molecule has 0 aromatic heterocycles. The van der Waals surface area contributed by atoms with Crippen LogP contribution in [0.4, 0.5) is 0 Å². The highest BCUT2D eigenvalue weighted by molar-refractivity contribution is 8.07. The van der Waals surface area contributed by atoms with Crippen molar-refractivity contribution >= 4 is 29.9 Å². The lowest BCUT2D eigenvalue weighted by Gasteiger charge is -2.15. The first kappa shape index (κ1) is 20.3. The fraction of sp³-hybridized carbons (Fsp3) is 0.111. The standard InChI is InChI=1S/C18H15N4O3PS/c1-2-23-26(27,24-21-17(13-19)15-9-5-3-6-10-15)25-22-18(14-20)16-11-7-4-8-12-16/h3-12H,2H2,1H3/b21-17+,22-18+. The van der Waals surface area contributed by atoms with Crippen molar-refractivity contribution in [2.24, 2.45) is 10.3 Å². The molecule has 2 aromatic carbocycles. The van der Waals surface area contributed by atoms with Crippen molar-refractivity contribution in [1.82, 2.24) is 0 Å². The quantitative estimate of drug-likeness (QED) is 0.376. The number of rotatable bonds is 8. The summed E-state index contributed by atoms with van der Waals surface area (Å²) in [5, 5.41) is 26.1. The van der Waals surface area contributed by atoms with E-state index in [2.05, 4.69) is 10.3 Å². The van der Waals surface area contributed by atoms with Gasteiger partial charge >= 0.3 is 6.72 Å². The Morgan fingerprint density at radius 1 is 0.889 bits per heavy atom. The highest BCUT2D eigenvalue weighted by Gasteiger charge is 2.24. The van der Waals surface area contributed by atoms with Crippen LogP contribution in [0.3, 0.4) is 0 Å². The first-order valence-electron chi connectivity index (χ1n) is 7.81. The van der Waals surface area contributed by atoms with Crippen LogP contribution >= 0.6 is 6.72 Å². The second kappa shape index (κ2) is 10.2. The average molecular weight is 398 g/mol. The first-order valence-corrected chi connectivity index (χ1v) is 10.4. The third-order valence-corrected chi connectivity index (χ3v) is 4.91. The van der Waals surface area contributed by atoms with Crippen LogP contribution in [0.5, 0.6) is 0 Å². The van der Waals surface area contributed by atoms with Crippen LogP contribution in [0, 0.1) is 22.7 Å². The van der Waals surface area contributed by atoms with Crippen molar-refractivity contribution < 1.29 is 13.8 Å². The molecule has 0 saturated heterocycles. The summed E-state index contributed by atoms with van der Waals surface area (Å²) in [7, 11) is 0. The Balaban J connectivity index is 2.23. The summed E-state index contributed by atoms with van der Waals surface area (Å²) in [6.45, 7) is -1.55. The second-order valence-electron chi connectivity index (χ2n) is 4.86. The lowest BCUT2D eigenvalue weighted by atomic mass is 10.1. The molecular weight excluding hydrogens is 383 g/mol. The Hall–Kier alpha value is -3.03. The summed E-state index contributed by atoms with van der Waals surface area (Å²) in [6.07, 6.45) is 0. The summed E-state index contributed by atoms with van der Waals surface area (Å²) >= 11 is 5.24. The van der Waals surface area contributed by atoms with Crippen LogP contribution in [0.1, 0.15) is 18.1 Å². The number of hydrogen-bond donors (Lipinski definition) is 0. The topological polar surface area (TPSA) is 100.0 Å². The zero-order chi connectivity index (χ0) is 19.5. The maximum absolute atomic E-state index is 9.28. The van der Waals surface area contributed by atoms with E-state index in [1.165, 1.54) is 0 Å². The Morgan fingerprint density at radius 2 is 1.30 bits per heavy atom. The molecule has 0 saturated carbocycles. The van der Waals surface area contributed by atoms with E-state index in [0.29, 0.717) is 11.1 Å². The third-order valence-electron chi connectivity index (χ3n) is 3.06. The molecule has 0 spiro atoms. The highest BCUT2D eigenvalue weighted by Crippen LogP contribution is 2.50. The van der Waals surface area contributed by atoms with Gasteiger partial charge in [0, 0.05) is 22.9 Å². The Bertz CT molecular complexity index is 877. The van der Waals surface area contributed by atoms with Gasteiger partial charge in [-0.3, -0.25) is 4.52 Å². The summed E-state index contributed by atoms with van der Waals surface area (Å²) in [6, 6.07) is 21.4. The molecule has 2 aromatic rings. The van der Waals surface area contributed by atoms with E-state index in [4.69, 9.17) is 25.6 Å². The molecule has 0 heterocycles. The molecule has 7 nitrogen and oxygen atoms in total. The van der Waals surface area contributed by atoms with Gasteiger partial charge in [-0.05, 0) is 6.92 Å². The molecular formula is C18H15N4O3PS. The summed E-state index contributed by atoms with van der Waals surface area (Å²) in [5.74, 6) is 0. The van der Waals surface area contributed by atoms with E-state index in [-0.39, 0.29) is 18.0 Å². The van der Waals surface area contributed by atoms with Crippen molar-refractivity contribution in [1.29, 1.82) is 10.5 Å². The molecule has 136 valence electrons. The number of oxime groups is 2. The van der Waals surface area contributed by atoms with Crippen molar-refractivity contribution in [3.05, 3.63) is 71.8 Å². The van der Waals surface area contributed by atoms with Crippen LogP contribution < -0.4 is 0 Å². The Kier molecular flexibility index (Phi) is 7.66. The summed E-state index contributed by atoms with van der Waals surface area (Å²) in [4.78, 5) is 0. The predicted octanol–water partition coefficient (Wildman–Crippen LogP) is 4.14. The van der Waals surface area contributed by atoms with Gasteiger partial charge in [-0.2, -0.15) is 10.5 Å². The highest BCUT2D eigenvalue weighted by atomic mass is 32.5. The lowest BCUT2D eigenvalue weighted by molar-refractivity contribution is 0.171. The van der Waals surface area contributed by atoms with E-state index < -0.39 is 6.72 Å². The molecule has 0 atom stereocenters. The number of benzene rings is 2. The number of nitriles is 2. The van der Waals surface area contributed by atoms with Gasteiger partial charge in [0.25, 0.3) is 0 Å². The van der Waals surface area contributed by atoms with Gasteiger partial charge in [0.1, 0.15) is 12.1 Å². The van der Waals surface area contributed by atoms with E-state index in [0.717, 1.165) is 0 Å². The third kappa shape index (κ3) is 6.02. The van der Waals surface area contributed by atoms with E-state index >= 15 is 0 Å². The molecule has 0 aliphatic rings. The lowest BCUT2D eigenvalue weighted by Crippen LogP contribution is -2.02. The Morgan fingerprint density at radius 3 is 1.63 bits per heavy atom. The van der Waals surface area contributed by atoms with Crippen LogP contribution in [-0.4, -0.2) is 18.0 Å². The number of hydrogen-bond acceptors (Lipinski definition) is 8. The SMILES string of the molecule is CCOP(=S)(O/N=C(\C#N)c1ccccc1)O/N=C(\C#N)c1ccccc1. The van der Waals surface area contributed by atoms with Crippen molar-refractivity contribution in [2.45, 2.75) is 6.92 Å². The van der Waals surface area contributed by atoms with Gasteiger partial charge in [-0.25, -0.2) is 0 Å². The predicted molar refractivity (Wildman–Crippen MR) is 105 cm³/mol. The second-order valence-corrected chi connectivity index (χ2v) is 7.68. The van der Waals surface area contributed by atoms with Crippen molar-refractivity contribution in [3.63, 3.8) is 0 Å². The largest absolute Gasteiger partial charge is 0.476 e. The van der Waals surface area contributed by atoms with Gasteiger partial charge in [0.2, 0.25) is 0 Å². The minimum atomic E-state index is -3.44.